The molecule has 1 saturated carbocycles. The number of rotatable bonds is 3. The summed E-state index contributed by atoms with van der Waals surface area (Å²) in [6, 6.07) is 4.24. The molecule has 0 radical (unpaired) electrons. The first-order valence-corrected chi connectivity index (χ1v) is 7.05. The van der Waals surface area contributed by atoms with Gasteiger partial charge in [-0.25, -0.2) is 0 Å². The van der Waals surface area contributed by atoms with Crippen molar-refractivity contribution in [3.63, 3.8) is 0 Å². The molecule has 1 aromatic carbocycles. The van der Waals surface area contributed by atoms with Crippen LogP contribution in [0.5, 0.6) is 5.75 Å². The summed E-state index contributed by atoms with van der Waals surface area (Å²) in [6.07, 6.45) is -0.682. The molecule has 1 aromatic rings. The van der Waals surface area contributed by atoms with Gasteiger partial charge in [0.2, 0.25) is 0 Å². The molecule has 0 saturated heterocycles. The van der Waals surface area contributed by atoms with E-state index in [4.69, 9.17) is 4.74 Å². The summed E-state index contributed by atoms with van der Waals surface area (Å²) in [6.45, 7) is 0. The standard InChI is InChI=1S/C13H14BrF3O/c14-8-9-5-6-12(11(7-9)13(15,16)17)18-10-3-1-2-4-10/h5-7,10H,1-4,8H2. The second kappa shape index (κ2) is 5.51. The van der Waals surface area contributed by atoms with Crippen LogP contribution in [-0.2, 0) is 11.5 Å². The molecule has 0 bridgehead atoms. The van der Waals surface area contributed by atoms with Gasteiger partial charge in [0.15, 0.2) is 0 Å². The Labute approximate surface area is 112 Å². The predicted octanol–water partition coefficient (Wildman–Crippen LogP) is 4.92. The van der Waals surface area contributed by atoms with Crippen molar-refractivity contribution in [3.05, 3.63) is 29.3 Å². The van der Waals surface area contributed by atoms with Gasteiger partial charge >= 0.3 is 6.18 Å². The zero-order valence-corrected chi connectivity index (χ0v) is 11.4. The Bertz CT molecular complexity index is 411. The lowest BCUT2D eigenvalue weighted by molar-refractivity contribution is -0.139. The molecule has 100 valence electrons. The maximum Gasteiger partial charge on any atom is 0.419 e. The molecule has 0 spiro atoms. The lowest BCUT2D eigenvalue weighted by Crippen LogP contribution is -2.15. The van der Waals surface area contributed by atoms with E-state index in [1.165, 1.54) is 6.07 Å². The second-order valence-corrected chi connectivity index (χ2v) is 5.05. The summed E-state index contributed by atoms with van der Waals surface area (Å²) in [4.78, 5) is 0. The molecule has 0 aliphatic heterocycles. The molecule has 2 rings (SSSR count). The summed E-state index contributed by atoms with van der Waals surface area (Å²) in [7, 11) is 0. The fourth-order valence-corrected chi connectivity index (χ4v) is 2.52. The Morgan fingerprint density at radius 3 is 2.44 bits per heavy atom. The minimum Gasteiger partial charge on any atom is -0.490 e. The van der Waals surface area contributed by atoms with E-state index in [2.05, 4.69) is 15.9 Å². The summed E-state index contributed by atoms with van der Waals surface area (Å²) in [5.41, 5.74) is -0.0764. The molecule has 18 heavy (non-hydrogen) atoms. The van der Waals surface area contributed by atoms with Gasteiger partial charge in [0.25, 0.3) is 0 Å². The van der Waals surface area contributed by atoms with Crippen LogP contribution in [0.15, 0.2) is 18.2 Å². The Kier molecular flexibility index (Phi) is 4.20. The highest BCUT2D eigenvalue weighted by Crippen LogP contribution is 2.38. The molecule has 1 aliphatic rings. The monoisotopic (exact) mass is 322 g/mol. The molecule has 0 atom stereocenters. The largest absolute Gasteiger partial charge is 0.490 e. The molecule has 1 fully saturated rings. The van der Waals surface area contributed by atoms with Crippen LogP contribution in [0.4, 0.5) is 13.2 Å². The summed E-state index contributed by atoms with van der Waals surface area (Å²) < 4.78 is 44.3. The zero-order chi connectivity index (χ0) is 13.2. The molecule has 0 N–H and O–H groups in total. The molecule has 0 heterocycles. The number of alkyl halides is 4. The lowest BCUT2D eigenvalue weighted by Gasteiger charge is -2.18. The minimum absolute atomic E-state index is 0.0425. The van der Waals surface area contributed by atoms with Crippen LogP contribution >= 0.6 is 15.9 Å². The van der Waals surface area contributed by atoms with E-state index in [1.807, 2.05) is 0 Å². The summed E-state index contributed by atoms with van der Waals surface area (Å²) in [5, 5.41) is 0.403. The number of ether oxygens (including phenoxy) is 1. The van der Waals surface area contributed by atoms with Crippen LogP contribution in [0.3, 0.4) is 0 Å². The number of hydrogen-bond acceptors (Lipinski definition) is 1. The third-order valence-corrected chi connectivity index (χ3v) is 3.75. The first kappa shape index (κ1) is 13.7. The van der Waals surface area contributed by atoms with E-state index in [0.717, 1.165) is 31.7 Å². The van der Waals surface area contributed by atoms with Crippen molar-refractivity contribution >= 4 is 15.9 Å². The predicted molar refractivity (Wildman–Crippen MR) is 67.0 cm³/mol. The Morgan fingerprint density at radius 1 is 1.22 bits per heavy atom. The normalized spacial score (nSPS) is 17.1. The molecular formula is C13H14BrF3O. The van der Waals surface area contributed by atoms with Crippen LogP contribution in [0.2, 0.25) is 0 Å². The molecule has 1 nitrogen and oxygen atoms in total. The van der Waals surface area contributed by atoms with Crippen LogP contribution in [-0.4, -0.2) is 6.10 Å². The molecule has 1 aliphatic carbocycles. The molecular weight excluding hydrogens is 309 g/mol. The van der Waals surface area contributed by atoms with Gasteiger partial charge in [-0.1, -0.05) is 22.0 Å². The maximum atomic E-state index is 12.9. The topological polar surface area (TPSA) is 9.23 Å². The van der Waals surface area contributed by atoms with Crippen LogP contribution in [0.25, 0.3) is 0 Å². The average molecular weight is 323 g/mol. The fourth-order valence-electron chi connectivity index (χ4n) is 2.17. The fraction of sp³-hybridized carbons (Fsp3) is 0.538. The van der Waals surface area contributed by atoms with E-state index >= 15 is 0 Å². The summed E-state index contributed by atoms with van der Waals surface area (Å²) >= 11 is 3.16. The average Bonchev–Trinajstić information content (AvgIpc) is 2.81. The first-order valence-electron chi connectivity index (χ1n) is 5.93. The molecule has 5 heteroatoms. The van der Waals surface area contributed by atoms with Gasteiger partial charge in [-0.15, -0.1) is 0 Å². The van der Waals surface area contributed by atoms with Gasteiger partial charge in [0, 0.05) is 5.33 Å². The number of benzene rings is 1. The van der Waals surface area contributed by atoms with Crippen molar-refractivity contribution < 1.29 is 17.9 Å². The highest BCUT2D eigenvalue weighted by Gasteiger charge is 2.35. The van der Waals surface area contributed by atoms with Crippen molar-refractivity contribution in [2.75, 3.05) is 0 Å². The van der Waals surface area contributed by atoms with Gasteiger partial charge in [-0.3, -0.25) is 0 Å². The van der Waals surface area contributed by atoms with E-state index < -0.39 is 11.7 Å². The number of hydrogen-bond donors (Lipinski definition) is 0. The Hall–Kier alpha value is -0.710. The molecule has 0 amide bonds. The maximum absolute atomic E-state index is 12.9. The highest BCUT2D eigenvalue weighted by molar-refractivity contribution is 9.08. The van der Waals surface area contributed by atoms with E-state index in [1.54, 1.807) is 6.07 Å². The van der Waals surface area contributed by atoms with Crippen LogP contribution in [0.1, 0.15) is 36.8 Å². The minimum atomic E-state index is -4.37. The van der Waals surface area contributed by atoms with Crippen LogP contribution < -0.4 is 4.74 Å². The Morgan fingerprint density at radius 2 is 1.89 bits per heavy atom. The quantitative estimate of drug-likeness (QED) is 0.717. The van der Waals surface area contributed by atoms with Gasteiger partial charge in [-0.05, 0) is 43.4 Å². The first-order chi connectivity index (χ1) is 8.50. The third kappa shape index (κ3) is 3.19. The van der Waals surface area contributed by atoms with E-state index in [9.17, 15) is 13.2 Å². The van der Waals surface area contributed by atoms with Gasteiger partial charge in [-0.2, -0.15) is 13.2 Å². The van der Waals surface area contributed by atoms with Gasteiger partial charge in [0.05, 0.1) is 11.7 Å². The number of halogens is 4. The Balaban J connectivity index is 2.27. The third-order valence-electron chi connectivity index (χ3n) is 3.10. The smallest absolute Gasteiger partial charge is 0.419 e. The van der Waals surface area contributed by atoms with Crippen molar-refractivity contribution in [1.29, 1.82) is 0 Å². The van der Waals surface area contributed by atoms with E-state index in [-0.39, 0.29) is 11.9 Å². The van der Waals surface area contributed by atoms with Crippen molar-refractivity contribution in [2.24, 2.45) is 0 Å². The van der Waals surface area contributed by atoms with Crippen LogP contribution in [0, 0.1) is 0 Å². The van der Waals surface area contributed by atoms with Crippen molar-refractivity contribution in [3.8, 4) is 5.75 Å². The van der Waals surface area contributed by atoms with Gasteiger partial charge < -0.3 is 4.74 Å². The highest BCUT2D eigenvalue weighted by atomic mass is 79.9. The van der Waals surface area contributed by atoms with Crippen molar-refractivity contribution in [2.45, 2.75) is 43.3 Å². The van der Waals surface area contributed by atoms with Crippen molar-refractivity contribution in [1.82, 2.24) is 0 Å². The summed E-state index contributed by atoms with van der Waals surface area (Å²) in [5.74, 6) is -0.0425. The SMILES string of the molecule is FC(F)(F)c1cc(CBr)ccc1OC1CCCC1. The zero-order valence-electron chi connectivity index (χ0n) is 9.77. The molecule has 0 aromatic heterocycles. The van der Waals surface area contributed by atoms with E-state index in [0.29, 0.717) is 10.9 Å². The lowest BCUT2D eigenvalue weighted by atomic mass is 10.1. The molecule has 0 unspecified atom stereocenters. The second-order valence-electron chi connectivity index (χ2n) is 4.49. The van der Waals surface area contributed by atoms with Gasteiger partial charge in [0.1, 0.15) is 5.75 Å².